The van der Waals surface area contributed by atoms with Gasteiger partial charge in [-0.3, -0.25) is 0 Å². The van der Waals surface area contributed by atoms with E-state index in [1.807, 2.05) is 34.0 Å². The molecule has 3 heterocycles. The molecule has 5 aromatic rings. The summed E-state index contributed by atoms with van der Waals surface area (Å²) in [5.41, 5.74) is 9.49. The molecule has 0 bridgehead atoms. The van der Waals surface area contributed by atoms with E-state index in [9.17, 15) is 15.3 Å². The molecular weight excluding hydrogens is 998 g/mol. The normalized spacial score (nSPS) is 17.1. The van der Waals surface area contributed by atoms with Crippen LogP contribution in [0.15, 0.2) is 83.3 Å². The molecule has 11 heteroatoms. The van der Waals surface area contributed by atoms with Gasteiger partial charge in [0, 0.05) is 88.0 Å². The van der Waals surface area contributed by atoms with Crippen molar-refractivity contribution in [3.63, 3.8) is 0 Å². The number of hydrogen-bond donors (Lipinski definition) is 3. The predicted octanol–water partition coefficient (Wildman–Crippen LogP) is 18.4. The first-order valence-corrected chi connectivity index (χ1v) is 32.9. The second-order valence-corrected chi connectivity index (χ2v) is 40.9. The van der Waals surface area contributed by atoms with Crippen LogP contribution in [0, 0.1) is 0 Å². The van der Waals surface area contributed by atoms with E-state index in [0.29, 0.717) is 17.2 Å². The maximum atomic E-state index is 11.5. The first kappa shape index (κ1) is 55.0. The molecule has 366 valence electrons. The van der Waals surface area contributed by atoms with Gasteiger partial charge in [0.25, 0.3) is 0 Å². The van der Waals surface area contributed by atoms with Crippen LogP contribution in [0.3, 0.4) is 0 Å². The largest absolute Gasteiger partial charge is 0.564 e. The van der Waals surface area contributed by atoms with Crippen molar-refractivity contribution < 1.29 is 15.3 Å². The molecule has 1 aliphatic carbocycles. The molecular formula is C57H71AlCl4O3S3. The fourth-order valence-electron chi connectivity index (χ4n) is 8.96. The Hall–Kier alpha value is -2.28. The number of thiophene rings is 2. The zero-order valence-corrected chi connectivity index (χ0v) is 49.9. The highest BCUT2D eigenvalue weighted by molar-refractivity contribution is 7.84. The van der Waals surface area contributed by atoms with E-state index >= 15 is 0 Å². The molecule has 3 aromatic carbocycles. The van der Waals surface area contributed by atoms with Crippen LogP contribution < -0.4 is 0 Å². The summed E-state index contributed by atoms with van der Waals surface area (Å²) in [6.45, 7) is 39.2. The number of hydrogen-bond acceptors (Lipinski definition) is 5. The van der Waals surface area contributed by atoms with Gasteiger partial charge in [0.2, 0.25) is 21.1 Å². The first-order valence-electron chi connectivity index (χ1n) is 23.5. The molecule has 1 fully saturated rings. The van der Waals surface area contributed by atoms with Gasteiger partial charge in [-0.2, -0.15) is 0 Å². The van der Waals surface area contributed by atoms with E-state index in [1.54, 1.807) is 0 Å². The van der Waals surface area contributed by atoms with Crippen LogP contribution in [-0.2, 0) is 43.8 Å². The number of aromatic hydroxyl groups is 3. The maximum absolute atomic E-state index is 11.5. The van der Waals surface area contributed by atoms with Gasteiger partial charge < -0.3 is 55.5 Å². The van der Waals surface area contributed by atoms with Gasteiger partial charge in [0.05, 0.1) is 0 Å². The minimum Gasteiger partial charge on any atom is -0.507 e. The fraction of sp³-hybridized carbons (Fsp3) is 0.456. The van der Waals surface area contributed by atoms with E-state index in [0.717, 1.165) is 50.1 Å². The van der Waals surface area contributed by atoms with Crippen molar-refractivity contribution in [3.05, 3.63) is 132 Å². The summed E-state index contributed by atoms with van der Waals surface area (Å²) in [5.74, 6) is 1.68. The Morgan fingerprint density at radius 1 is 0.426 bits per heavy atom. The lowest BCUT2D eigenvalue weighted by Gasteiger charge is -2.28. The summed E-state index contributed by atoms with van der Waals surface area (Å²) >= 11 is 5.62. The number of phenols is 3. The molecule has 0 radical (unpaired) electrons. The van der Waals surface area contributed by atoms with Crippen molar-refractivity contribution >= 4 is 88.5 Å². The van der Waals surface area contributed by atoms with Crippen molar-refractivity contribution in [3.8, 4) is 38.1 Å². The molecule has 3 N–H and O–H groups in total. The SMILES string of the molecule is CC(C)(C)c1cc(C2=[S+]C(=C3C(c4ccc(-c5cc(C(C)(C)C)c(O)c(C(C)(C)C)c5)s4)C3c3ccc(-c4cc(C(C)(C)C)c(O)c(C(C)(C)C)c4)s3)C=C2)cc(C(C)(C)C)c1O.[Cl][Al-]([Cl])([Cl])[Cl]. The third-order valence-electron chi connectivity index (χ3n) is 12.7. The first-order chi connectivity index (χ1) is 30.8. The van der Waals surface area contributed by atoms with Gasteiger partial charge in [-0.25, -0.2) is 0 Å². The Morgan fingerprint density at radius 3 is 0.956 bits per heavy atom. The van der Waals surface area contributed by atoms with Gasteiger partial charge in [0.1, 0.15) is 17.2 Å². The fourth-order valence-corrected chi connectivity index (χ4v) is 12.4. The monoisotopic (exact) mass is 1070 g/mol. The average Bonchev–Trinajstić information content (AvgIpc) is 3.60. The molecule has 1 saturated carbocycles. The summed E-state index contributed by atoms with van der Waals surface area (Å²) in [7, 11) is 17.0. The van der Waals surface area contributed by atoms with Crippen LogP contribution in [0.5, 0.6) is 17.2 Å². The Kier molecular flexibility index (Phi) is 15.4. The van der Waals surface area contributed by atoms with E-state index < -0.39 is 9.39 Å². The maximum Gasteiger partial charge on any atom is 0.564 e. The zero-order chi connectivity index (χ0) is 51.2. The lowest BCUT2D eigenvalue weighted by molar-refractivity contribution is 0.422. The molecule has 1 aliphatic heterocycles. The molecule has 3 nitrogen and oxygen atoms in total. The summed E-state index contributed by atoms with van der Waals surface area (Å²) in [4.78, 5) is 7.64. The van der Waals surface area contributed by atoms with Gasteiger partial charge in [-0.05, 0) is 104 Å². The number of rotatable bonds is 5. The van der Waals surface area contributed by atoms with Crippen LogP contribution in [0.4, 0.5) is 0 Å². The molecule has 0 spiro atoms. The second kappa shape index (κ2) is 19.0. The molecule has 2 unspecified atom stereocenters. The van der Waals surface area contributed by atoms with Gasteiger partial charge in [-0.1, -0.05) is 125 Å². The molecule has 7 rings (SSSR count). The number of halogens is 4. The topological polar surface area (TPSA) is 60.7 Å². The van der Waals surface area contributed by atoms with E-state index in [2.05, 4.69) is 197 Å². The second-order valence-electron chi connectivity index (χ2n) is 24.7. The van der Waals surface area contributed by atoms with E-state index in [-0.39, 0.29) is 44.3 Å². The predicted molar refractivity (Wildman–Crippen MR) is 305 cm³/mol. The molecule has 0 saturated heterocycles. The minimum absolute atomic E-state index is 0.214. The van der Waals surface area contributed by atoms with Crippen molar-refractivity contribution in [2.45, 2.75) is 169 Å². The van der Waals surface area contributed by atoms with Crippen LogP contribution in [0.25, 0.3) is 20.9 Å². The molecule has 68 heavy (non-hydrogen) atoms. The van der Waals surface area contributed by atoms with Crippen molar-refractivity contribution in [1.29, 1.82) is 0 Å². The summed E-state index contributed by atoms with van der Waals surface area (Å²) in [6, 6.07) is 22.5. The number of allylic oxidation sites excluding steroid dienone is 3. The highest BCUT2D eigenvalue weighted by atomic mass is 35.9. The Balaban J connectivity index is 0.00000145. The third-order valence-corrected chi connectivity index (χ3v) is 16.3. The summed E-state index contributed by atoms with van der Waals surface area (Å²) in [5, 5.41) is 34.6. The van der Waals surface area contributed by atoms with Crippen molar-refractivity contribution in [1.82, 2.24) is 0 Å². The van der Waals surface area contributed by atoms with Crippen LogP contribution in [0.1, 0.15) is 185 Å². The quantitative estimate of drug-likeness (QED) is 0.0934. The van der Waals surface area contributed by atoms with Crippen LogP contribution in [-0.4, -0.2) is 29.6 Å². The molecule has 2 atom stereocenters. The standard InChI is InChI=1S/C57H70O3S3.Al.4ClH/c1-52(2,3)34-25-31(26-35(49(34)58)53(4,5)6)40-19-22-43(61-40)46-47(44-23-20-41(62-44)32-27-36(54(7,8)9)50(59)37(28-32)55(10,11)12)48(46)45-24-21-42(63-45)33-29-38(56(13,14)15)51(60)39(30-33)57(16,17)18;;;;;/h19-30,46-47H,1-18H3,(H2-,58,59,60);;4*1H/q;+3;;;;/p-3. The molecule has 2 aliphatic rings. The van der Waals surface area contributed by atoms with Crippen LogP contribution in [0.2, 0.25) is 0 Å². The van der Waals surface area contributed by atoms with Gasteiger partial charge >= 0.3 is 9.39 Å². The lowest BCUT2D eigenvalue weighted by Crippen LogP contribution is -2.18. The van der Waals surface area contributed by atoms with Crippen molar-refractivity contribution in [2.75, 3.05) is 0 Å². The zero-order valence-electron chi connectivity index (χ0n) is 43.2. The Bertz CT molecular complexity index is 2590. The number of phenolic OH excluding ortho intramolecular Hbond substituents is 3. The average molecular weight is 1070 g/mol. The van der Waals surface area contributed by atoms with E-state index in [1.165, 1.54) is 34.9 Å². The summed E-state index contributed by atoms with van der Waals surface area (Å²) < 4.78 is 0. The molecule has 0 amide bonds. The lowest BCUT2D eigenvalue weighted by atomic mass is 9.78. The van der Waals surface area contributed by atoms with Gasteiger partial charge in [0.15, 0.2) is 0 Å². The van der Waals surface area contributed by atoms with E-state index in [4.69, 9.17) is 40.2 Å². The minimum atomic E-state index is -2.94. The summed E-state index contributed by atoms with van der Waals surface area (Å²) in [6.07, 6.45) is 4.60. The molecule has 2 aromatic heterocycles. The highest BCUT2D eigenvalue weighted by Gasteiger charge is 2.53. The van der Waals surface area contributed by atoms with Crippen LogP contribution >= 0.6 is 62.9 Å². The van der Waals surface area contributed by atoms with Crippen molar-refractivity contribution in [2.24, 2.45) is 0 Å². The smallest absolute Gasteiger partial charge is 0.507 e. The Morgan fingerprint density at radius 2 is 0.691 bits per heavy atom. The Labute approximate surface area is 439 Å². The third kappa shape index (κ3) is 12.3. The van der Waals surface area contributed by atoms with Gasteiger partial charge in [-0.15, -0.1) is 22.7 Å². The highest BCUT2D eigenvalue weighted by Crippen LogP contribution is 2.65. The number of benzene rings is 3.